The highest BCUT2D eigenvalue weighted by Gasteiger charge is 2.29. The molecule has 1 aliphatic rings. The molecule has 0 aliphatic heterocycles. The maximum atomic E-state index is 13.0. The highest BCUT2D eigenvalue weighted by Crippen LogP contribution is 2.39. The molecular formula is C28H38ClFN8. The first-order chi connectivity index (χ1) is 18.4. The van der Waals surface area contributed by atoms with Gasteiger partial charge in [-0.3, -0.25) is 4.99 Å². The van der Waals surface area contributed by atoms with E-state index in [1.54, 1.807) is 19.3 Å². The molecule has 3 aromatic rings. The lowest BCUT2D eigenvalue weighted by atomic mass is 10.1. The van der Waals surface area contributed by atoms with E-state index in [-0.39, 0.29) is 11.1 Å². The van der Waals surface area contributed by atoms with E-state index in [0.717, 1.165) is 80.4 Å². The van der Waals surface area contributed by atoms with Crippen molar-refractivity contribution < 1.29 is 4.39 Å². The number of hydrogen-bond acceptors (Lipinski definition) is 7. The predicted octanol–water partition coefficient (Wildman–Crippen LogP) is 4.30. The first-order valence-corrected chi connectivity index (χ1v) is 13.6. The van der Waals surface area contributed by atoms with Crippen LogP contribution in [-0.2, 0) is 6.42 Å². The molecule has 204 valence electrons. The summed E-state index contributed by atoms with van der Waals surface area (Å²) in [6, 6.07) is 7.03. The van der Waals surface area contributed by atoms with Gasteiger partial charge in [0.15, 0.2) is 0 Å². The minimum Gasteiger partial charge on any atom is -0.398 e. The molecule has 0 radical (unpaired) electrons. The number of nitrogens with one attached hydrogen (secondary N) is 1. The Balaban J connectivity index is 1.29. The van der Waals surface area contributed by atoms with Crippen molar-refractivity contribution in [2.45, 2.75) is 38.1 Å². The van der Waals surface area contributed by atoms with Gasteiger partial charge >= 0.3 is 0 Å². The Morgan fingerprint density at radius 1 is 1.26 bits per heavy atom. The summed E-state index contributed by atoms with van der Waals surface area (Å²) in [7, 11) is 3.90. The molecule has 1 fully saturated rings. The highest BCUT2D eigenvalue weighted by molar-refractivity contribution is 6.28. The van der Waals surface area contributed by atoms with Crippen molar-refractivity contribution in [1.82, 2.24) is 24.8 Å². The van der Waals surface area contributed by atoms with Crippen LogP contribution in [0.25, 0.3) is 16.7 Å². The summed E-state index contributed by atoms with van der Waals surface area (Å²) < 4.78 is 15.2. The number of nitrogen functional groups attached to an aromatic ring is 1. The topological polar surface area (TPSA) is 110 Å². The van der Waals surface area contributed by atoms with Gasteiger partial charge in [0, 0.05) is 43.3 Å². The quantitative estimate of drug-likeness (QED) is 0.179. The van der Waals surface area contributed by atoms with Gasteiger partial charge in [-0.15, -0.1) is 0 Å². The maximum Gasteiger partial charge on any atom is 0.226 e. The van der Waals surface area contributed by atoms with Crippen LogP contribution in [0.5, 0.6) is 0 Å². The fourth-order valence-electron chi connectivity index (χ4n) is 5.37. The van der Waals surface area contributed by atoms with Crippen LogP contribution >= 0.6 is 11.6 Å². The van der Waals surface area contributed by atoms with Crippen LogP contribution in [0.15, 0.2) is 41.5 Å². The molecule has 8 nitrogen and oxygen atoms in total. The minimum absolute atomic E-state index is 0.138. The summed E-state index contributed by atoms with van der Waals surface area (Å²) in [5.74, 6) is 0.749. The molecule has 38 heavy (non-hydrogen) atoms. The summed E-state index contributed by atoms with van der Waals surface area (Å²) in [5, 5.41) is 4.37. The molecule has 4 rings (SSSR count). The van der Waals surface area contributed by atoms with Gasteiger partial charge in [0.05, 0.1) is 5.39 Å². The number of nitrogens with zero attached hydrogens (tertiary/aromatic N) is 5. The number of halogens is 2. The lowest BCUT2D eigenvalue weighted by Crippen LogP contribution is -2.28. The van der Waals surface area contributed by atoms with E-state index in [1.165, 1.54) is 12.1 Å². The summed E-state index contributed by atoms with van der Waals surface area (Å²) in [6.45, 7) is 3.97. The van der Waals surface area contributed by atoms with Crippen LogP contribution in [-0.4, -0.2) is 65.9 Å². The third-order valence-corrected chi connectivity index (χ3v) is 7.43. The van der Waals surface area contributed by atoms with Crippen molar-refractivity contribution in [3.05, 3.63) is 58.8 Å². The normalized spacial score (nSPS) is 18.4. The first-order valence-electron chi connectivity index (χ1n) is 13.2. The van der Waals surface area contributed by atoms with Crippen molar-refractivity contribution in [3.8, 4) is 0 Å². The van der Waals surface area contributed by atoms with Crippen LogP contribution < -0.4 is 16.8 Å². The molecule has 0 bridgehead atoms. The number of fused-ring (bicyclic) bond motifs is 1. The molecule has 0 spiro atoms. The number of nitrogens with two attached hydrogens (primary N) is 2. The molecular weight excluding hydrogens is 503 g/mol. The van der Waals surface area contributed by atoms with Crippen molar-refractivity contribution in [2.24, 2.45) is 16.6 Å². The second-order valence-corrected chi connectivity index (χ2v) is 10.5. The third-order valence-electron chi connectivity index (χ3n) is 7.26. The molecule has 0 saturated heterocycles. The lowest BCUT2D eigenvalue weighted by Gasteiger charge is -2.21. The Labute approximate surface area is 229 Å². The highest BCUT2D eigenvalue weighted by atomic mass is 35.5. The van der Waals surface area contributed by atoms with E-state index < -0.39 is 0 Å². The van der Waals surface area contributed by atoms with E-state index in [2.05, 4.69) is 36.8 Å². The molecule has 2 atom stereocenters. The average molecular weight is 541 g/mol. The standard InChI is InChI=1S/C28H38ClFN8/c1-33-13-11-24(31)23-18-38(27-25(23)26(32)35-28(29)36-27)22-9-6-20(16-22)17-37(2)15-3-12-34-14-10-19-4-7-21(30)8-5-19/h4-5,7-8,11,13,18,20,22,34H,3,6,9-10,12,14-17,31H2,1-2H3,(H2,32,35,36)/b24-11-,33-13?. The molecule has 1 aliphatic carbocycles. The number of aliphatic imine (C=N–C) groups is 1. The van der Waals surface area contributed by atoms with Gasteiger partial charge in [0.2, 0.25) is 5.28 Å². The summed E-state index contributed by atoms with van der Waals surface area (Å²) >= 11 is 6.18. The van der Waals surface area contributed by atoms with Gasteiger partial charge in [0.25, 0.3) is 0 Å². The number of allylic oxidation sites excluding steroid dienone is 1. The van der Waals surface area contributed by atoms with Crippen molar-refractivity contribution in [3.63, 3.8) is 0 Å². The van der Waals surface area contributed by atoms with Gasteiger partial charge < -0.3 is 26.3 Å². The fourth-order valence-corrected chi connectivity index (χ4v) is 5.54. The Kier molecular flexibility index (Phi) is 9.71. The fraction of sp³-hybridized carbons (Fsp3) is 0.464. The van der Waals surface area contributed by atoms with Gasteiger partial charge in [-0.1, -0.05) is 12.1 Å². The largest absolute Gasteiger partial charge is 0.398 e. The molecule has 0 amide bonds. The zero-order valence-electron chi connectivity index (χ0n) is 22.2. The Hall–Kier alpha value is -3.01. The van der Waals surface area contributed by atoms with Crippen LogP contribution in [0.3, 0.4) is 0 Å². The summed E-state index contributed by atoms with van der Waals surface area (Å²) in [6.07, 6.45) is 10.7. The van der Waals surface area contributed by atoms with Gasteiger partial charge in [0.1, 0.15) is 17.3 Å². The van der Waals surface area contributed by atoms with E-state index in [9.17, 15) is 4.39 Å². The Morgan fingerprint density at radius 3 is 2.82 bits per heavy atom. The molecule has 1 aromatic carbocycles. The molecule has 10 heteroatoms. The van der Waals surface area contributed by atoms with Crippen molar-refractivity contribution in [2.75, 3.05) is 46.0 Å². The van der Waals surface area contributed by atoms with Crippen LogP contribution in [0, 0.1) is 11.7 Å². The number of aromatic nitrogens is 3. The van der Waals surface area contributed by atoms with E-state index in [0.29, 0.717) is 23.5 Å². The molecule has 2 heterocycles. The smallest absolute Gasteiger partial charge is 0.226 e. The number of hydrogen-bond donors (Lipinski definition) is 3. The number of benzene rings is 1. The zero-order valence-corrected chi connectivity index (χ0v) is 23.0. The molecule has 2 aromatic heterocycles. The van der Waals surface area contributed by atoms with Gasteiger partial charge in [-0.25, -0.2) is 9.37 Å². The number of anilines is 1. The molecule has 2 unspecified atom stereocenters. The SMILES string of the molecule is CN=C/C=C(\N)c1cn(C2CCC(CN(C)CCCNCCc3ccc(F)cc3)C2)c2nc(Cl)nc(N)c12. The number of rotatable bonds is 12. The van der Waals surface area contributed by atoms with Gasteiger partial charge in [-0.2, -0.15) is 4.98 Å². The lowest BCUT2D eigenvalue weighted by molar-refractivity contribution is 0.270. The second-order valence-electron chi connectivity index (χ2n) is 10.1. The summed E-state index contributed by atoms with van der Waals surface area (Å²) in [5.41, 5.74) is 15.9. The Bertz CT molecular complexity index is 1270. The van der Waals surface area contributed by atoms with E-state index in [4.69, 9.17) is 23.1 Å². The minimum atomic E-state index is -0.187. The predicted molar refractivity (Wildman–Crippen MR) is 155 cm³/mol. The maximum absolute atomic E-state index is 13.0. The average Bonchev–Trinajstić information content (AvgIpc) is 3.50. The van der Waals surface area contributed by atoms with E-state index in [1.807, 2.05) is 18.3 Å². The molecule has 5 N–H and O–H groups in total. The second kappa shape index (κ2) is 13.2. The van der Waals surface area contributed by atoms with Crippen LogP contribution in [0.1, 0.15) is 42.9 Å². The Morgan fingerprint density at radius 2 is 2.05 bits per heavy atom. The third kappa shape index (κ3) is 7.09. The van der Waals surface area contributed by atoms with Crippen molar-refractivity contribution >= 4 is 40.4 Å². The van der Waals surface area contributed by atoms with Crippen LogP contribution in [0.4, 0.5) is 10.2 Å². The van der Waals surface area contributed by atoms with E-state index >= 15 is 0 Å². The monoisotopic (exact) mass is 540 g/mol. The van der Waals surface area contributed by atoms with Gasteiger partial charge in [-0.05, 0) is 100 Å². The zero-order chi connectivity index (χ0) is 27.1. The van der Waals surface area contributed by atoms with Crippen LogP contribution in [0.2, 0.25) is 5.28 Å². The van der Waals surface area contributed by atoms with Crippen molar-refractivity contribution in [1.29, 1.82) is 0 Å². The summed E-state index contributed by atoms with van der Waals surface area (Å²) in [4.78, 5) is 15.1. The molecule has 1 saturated carbocycles. The first kappa shape index (κ1) is 28.0.